The number of benzene rings is 1. The number of carbonyl (C=O) groups excluding carboxylic acids is 2. The molecule has 0 spiro atoms. The van der Waals surface area contributed by atoms with Crippen LogP contribution in [0.3, 0.4) is 0 Å². The minimum atomic E-state index is -0.683. The summed E-state index contributed by atoms with van der Waals surface area (Å²) in [5.41, 5.74) is 1.06. The third kappa shape index (κ3) is 3.90. The van der Waals surface area contributed by atoms with Crippen molar-refractivity contribution >= 4 is 11.9 Å². The largest absolute Gasteiger partial charge is 0.486 e. The number of aryl methyl sites for hydroxylation is 2. The van der Waals surface area contributed by atoms with E-state index in [2.05, 4.69) is 0 Å². The molecule has 1 aromatic carbocycles. The maximum Gasteiger partial charge on any atom is 0.342 e. The van der Waals surface area contributed by atoms with E-state index in [4.69, 9.17) is 18.6 Å². The first-order chi connectivity index (χ1) is 14.4. The fourth-order valence-electron chi connectivity index (χ4n) is 4.02. The molecule has 2 aromatic rings. The summed E-state index contributed by atoms with van der Waals surface area (Å²) in [6.07, 6.45) is 1.68. The molecule has 1 aromatic heterocycles. The van der Waals surface area contributed by atoms with Crippen LogP contribution >= 0.6 is 0 Å². The SMILES string of the molecule is Cc1cc(=O)oc(C)c1C(=O)OCC(=O)N1CCCC1c1ccc2c(c1)OCCO2. The molecule has 0 saturated carbocycles. The number of rotatable bonds is 4. The Labute approximate surface area is 173 Å². The minimum Gasteiger partial charge on any atom is -0.486 e. The minimum absolute atomic E-state index is 0.106. The first kappa shape index (κ1) is 20.0. The molecule has 0 radical (unpaired) electrons. The second-order valence-electron chi connectivity index (χ2n) is 7.40. The fraction of sp³-hybridized carbons (Fsp3) is 0.409. The summed E-state index contributed by atoms with van der Waals surface area (Å²) < 4.78 is 21.4. The lowest BCUT2D eigenvalue weighted by Gasteiger charge is -2.26. The number of hydrogen-bond acceptors (Lipinski definition) is 7. The molecule has 8 nitrogen and oxygen atoms in total. The first-order valence-corrected chi connectivity index (χ1v) is 9.91. The van der Waals surface area contributed by atoms with Crippen molar-refractivity contribution in [1.82, 2.24) is 4.90 Å². The van der Waals surface area contributed by atoms with E-state index in [1.807, 2.05) is 18.2 Å². The molecule has 30 heavy (non-hydrogen) atoms. The molecule has 1 fully saturated rings. The van der Waals surface area contributed by atoms with Crippen LogP contribution in [-0.2, 0) is 9.53 Å². The average Bonchev–Trinajstić information content (AvgIpc) is 3.21. The number of ether oxygens (including phenoxy) is 3. The zero-order valence-electron chi connectivity index (χ0n) is 16.9. The van der Waals surface area contributed by atoms with Crippen LogP contribution in [0.15, 0.2) is 33.5 Å². The summed E-state index contributed by atoms with van der Waals surface area (Å²) in [5, 5.41) is 0. The van der Waals surface area contributed by atoms with Crippen molar-refractivity contribution in [2.24, 2.45) is 0 Å². The highest BCUT2D eigenvalue weighted by Crippen LogP contribution is 2.38. The van der Waals surface area contributed by atoms with Gasteiger partial charge in [0.1, 0.15) is 24.5 Å². The van der Waals surface area contributed by atoms with E-state index >= 15 is 0 Å². The van der Waals surface area contributed by atoms with Crippen molar-refractivity contribution < 1.29 is 28.2 Å². The number of esters is 1. The fourth-order valence-corrected chi connectivity index (χ4v) is 4.02. The van der Waals surface area contributed by atoms with Crippen LogP contribution < -0.4 is 15.1 Å². The van der Waals surface area contributed by atoms with Crippen LogP contribution in [0.1, 0.15) is 46.1 Å². The molecule has 1 amide bonds. The van der Waals surface area contributed by atoms with Gasteiger partial charge in [-0.25, -0.2) is 9.59 Å². The van der Waals surface area contributed by atoms with Gasteiger partial charge in [0, 0.05) is 12.6 Å². The molecule has 8 heteroatoms. The van der Waals surface area contributed by atoms with Crippen LogP contribution in [0.4, 0.5) is 0 Å². The number of likely N-dealkylation sites (tertiary alicyclic amines) is 1. The molecule has 158 valence electrons. The van der Waals surface area contributed by atoms with Gasteiger partial charge in [0.25, 0.3) is 5.91 Å². The molecule has 0 bridgehead atoms. The number of hydrogen-bond donors (Lipinski definition) is 0. The molecule has 2 aliphatic heterocycles. The first-order valence-electron chi connectivity index (χ1n) is 9.91. The topological polar surface area (TPSA) is 95.3 Å². The van der Waals surface area contributed by atoms with Crippen molar-refractivity contribution in [3.05, 3.63) is 57.1 Å². The van der Waals surface area contributed by atoms with Crippen LogP contribution in [-0.4, -0.2) is 43.1 Å². The summed E-state index contributed by atoms with van der Waals surface area (Å²) in [6.45, 7) is 4.38. The zero-order chi connectivity index (χ0) is 21.3. The van der Waals surface area contributed by atoms with Crippen molar-refractivity contribution in [3.8, 4) is 11.5 Å². The lowest BCUT2D eigenvalue weighted by molar-refractivity contribution is -0.135. The van der Waals surface area contributed by atoms with Crippen molar-refractivity contribution in [2.75, 3.05) is 26.4 Å². The number of amides is 1. The predicted octanol–water partition coefficient (Wildman–Crippen LogP) is 2.55. The number of carbonyl (C=O) groups is 2. The Balaban J connectivity index is 1.44. The Morgan fingerprint density at radius 1 is 1.13 bits per heavy atom. The molecule has 1 atom stereocenters. The van der Waals surface area contributed by atoms with Gasteiger partial charge in [-0.15, -0.1) is 0 Å². The molecule has 1 saturated heterocycles. The van der Waals surface area contributed by atoms with Crippen molar-refractivity contribution in [1.29, 1.82) is 0 Å². The Bertz CT molecular complexity index is 1020. The summed E-state index contributed by atoms with van der Waals surface area (Å²) in [7, 11) is 0. The Kier molecular flexibility index (Phi) is 5.48. The average molecular weight is 413 g/mol. The molecular formula is C22H23NO7. The van der Waals surface area contributed by atoms with E-state index in [9.17, 15) is 14.4 Å². The van der Waals surface area contributed by atoms with Crippen LogP contribution in [0.25, 0.3) is 0 Å². The smallest absolute Gasteiger partial charge is 0.342 e. The standard InChI is InChI=1S/C22H23NO7/c1-13-10-20(25)30-14(2)21(13)22(26)29-12-19(24)23-7-3-4-16(23)15-5-6-17-18(11-15)28-9-8-27-17/h5-6,10-11,16H,3-4,7-9,12H2,1-2H3. The highest BCUT2D eigenvalue weighted by molar-refractivity contribution is 5.93. The second-order valence-corrected chi connectivity index (χ2v) is 7.40. The summed E-state index contributed by atoms with van der Waals surface area (Å²) in [6, 6.07) is 6.83. The zero-order valence-corrected chi connectivity index (χ0v) is 16.9. The predicted molar refractivity (Wildman–Crippen MR) is 106 cm³/mol. The Morgan fingerprint density at radius 3 is 2.67 bits per heavy atom. The van der Waals surface area contributed by atoms with E-state index in [0.717, 1.165) is 18.4 Å². The van der Waals surface area contributed by atoms with Gasteiger partial charge in [0.2, 0.25) is 0 Å². The van der Waals surface area contributed by atoms with Crippen LogP contribution in [0.5, 0.6) is 11.5 Å². The van der Waals surface area contributed by atoms with Gasteiger partial charge in [-0.2, -0.15) is 0 Å². The van der Waals surface area contributed by atoms with Gasteiger partial charge in [0.05, 0.1) is 6.04 Å². The van der Waals surface area contributed by atoms with Gasteiger partial charge in [0.15, 0.2) is 18.1 Å². The summed E-state index contributed by atoms with van der Waals surface area (Å²) in [4.78, 5) is 38.4. The molecule has 4 rings (SSSR count). The highest BCUT2D eigenvalue weighted by atomic mass is 16.6. The number of fused-ring (bicyclic) bond motifs is 1. The quantitative estimate of drug-likeness (QED) is 0.711. The molecule has 2 aliphatic rings. The molecule has 0 aliphatic carbocycles. The van der Waals surface area contributed by atoms with Gasteiger partial charge in [-0.3, -0.25) is 4.79 Å². The van der Waals surface area contributed by atoms with E-state index in [1.165, 1.54) is 13.0 Å². The maximum absolute atomic E-state index is 12.8. The van der Waals surface area contributed by atoms with Gasteiger partial charge in [-0.05, 0) is 49.9 Å². The molecular weight excluding hydrogens is 390 g/mol. The summed E-state index contributed by atoms with van der Waals surface area (Å²) in [5.74, 6) is 0.606. The van der Waals surface area contributed by atoms with E-state index < -0.39 is 11.6 Å². The monoisotopic (exact) mass is 413 g/mol. The van der Waals surface area contributed by atoms with Crippen LogP contribution in [0.2, 0.25) is 0 Å². The second kappa shape index (κ2) is 8.22. The third-order valence-electron chi connectivity index (χ3n) is 5.39. The molecule has 1 unspecified atom stereocenters. The van der Waals surface area contributed by atoms with Crippen molar-refractivity contribution in [2.45, 2.75) is 32.7 Å². The van der Waals surface area contributed by atoms with E-state index in [0.29, 0.717) is 36.8 Å². The highest BCUT2D eigenvalue weighted by Gasteiger charge is 2.31. The normalized spacial score (nSPS) is 17.7. The lowest BCUT2D eigenvalue weighted by Crippen LogP contribution is -2.34. The lowest BCUT2D eigenvalue weighted by atomic mass is 10.0. The molecule has 0 N–H and O–H groups in total. The van der Waals surface area contributed by atoms with E-state index in [1.54, 1.807) is 11.8 Å². The summed E-state index contributed by atoms with van der Waals surface area (Å²) >= 11 is 0. The van der Waals surface area contributed by atoms with Gasteiger partial charge < -0.3 is 23.5 Å². The molecule has 3 heterocycles. The Morgan fingerprint density at radius 2 is 1.90 bits per heavy atom. The van der Waals surface area contributed by atoms with Gasteiger partial charge >= 0.3 is 11.6 Å². The van der Waals surface area contributed by atoms with Gasteiger partial charge in [-0.1, -0.05) is 6.07 Å². The number of nitrogens with zero attached hydrogens (tertiary/aromatic N) is 1. The van der Waals surface area contributed by atoms with Crippen molar-refractivity contribution in [3.63, 3.8) is 0 Å². The maximum atomic E-state index is 12.8. The van der Waals surface area contributed by atoms with Crippen LogP contribution in [0, 0.1) is 13.8 Å². The Hall–Kier alpha value is -3.29. The van der Waals surface area contributed by atoms with E-state index in [-0.39, 0.29) is 29.9 Å². The third-order valence-corrected chi connectivity index (χ3v) is 5.39.